The highest BCUT2D eigenvalue weighted by molar-refractivity contribution is 9.10. The fourth-order valence-electron chi connectivity index (χ4n) is 1.64. The summed E-state index contributed by atoms with van der Waals surface area (Å²) < 4.78 is 0.901. The highest BCUT2D eigenvalue weighted by Crippen LogP contribution is 2.16. The van der Waals surface area contributed by atoms with Crippen LogP contribution < -0.4 is 11.1 Å². The highest BCUT2D eigenvalue weighted by atomic mass is 79.9. The molecule has 1 unspecified atom stereocenters. The molecular formula is C14H14BrN3O. The lowest BCUT2D eigenvalue weighted by Crippen LogP contribution is -2.33. The van der Waals surface area contributed by atoms with Crippen LogP contribution in [0.4, 0.5) is 0 Å². The zero-order valence-electron chi connectivity index (χ0n) is 10.2. The first-order valence-corrected chi connectivity index (χ1v) is 6.65. The minimum Gasteiger partial charge on any atom is -0.349 e. The summed E-state index contributed by atoms with van der Waals surface area (Å²) >= 11 is 3.36. The molecule has 0 spiro atoms. The Labute approximate surface area is 120 Å². The minimum absolute atomic E-state index is 0.219. The second-order valence-electron chi connectivity index (χ2n) is 4.07. The fraction of sp³-hybridized carbons (Fsp3) is 0.143. The molecule has 98 valence electrons. The summed E-state index contributed by atoms with van der Waals surface area (Å²) in [5.41, 5.74) is 7.49. The van der Waals surface area contributed by atoms with Crippen molar-refractivity contribution < 1.29 is 4.79 Å². The van der Waals surface area contributed by atoms with Gasteiger partial charge in [0.2, 0.25) is 5.91 Å². The number of hydrogen-bond acceptors (Lipinski definition) is 3. The van der Waals surface area contributed by atoms with Crippen LogP contribution in [-0.4, -0.2) is 10.9 Å². The molecule has 2 rings (SSSR count). The summed E-state index contributed by atoms with van der Waals surface area (Å²) in [7, 11) is 0. The lowest BCUT2D eigenvalue weighted by atomic mass is 10.1. The van der Waals surface area contributed by atoms with E-state index in [1.165, 1.54) is 0 Å². The van der Waals surface area contributed by atoms with E-state index in [0.717, 1.165) is 15.7 Å². The van der Waals surface area contributed by atoms with E-state index in [2.05, 4.69) is 26.2 Å². The van der Waals surface area contributed by atoms with Crippen molar-refractivity contribution in [3.8, 4) is 0 Å². The maximum absolute atomic E-state index is 11.9. The van der Waals surface area contributed by atoms with Gasteiger partial charge in [-0.3, -0.25) is 9.78 Å². The van der Waals surface area contributed by atoms with Gasteiger partial charge in [-0.2, -0.15) is 0 Å². The molecule has 1 amide bonds. The zero-order chi connectivity index (χ0) is 13.7. The third-order valence-corrected chi connectivity index (χ3v) is 3.15. The number of amides is 1. The topological polar surface area (TPSA) is 68.0 Å². The number of benzene rings is 1. The molecule has 2 aromatic rings. The van der Waals surface area contributed by atoms with E-state index < -0.39 is 6.04 Å². The van der Waals surface area contributed by atoms with Crippen molar-refractivity contribution in [2.24, 2.45) is 5.73 Å². The molecule has 0 aliphatic rings. The Bertz CT molecular complexity index is 560. The summed E-state index contributed by atoms with van der Waals surface area (Å²) in [4.78, 5) is 16.1. The predicted octanol–water partition coefficient (Wildman–Crippen LogP) is 2.16. The molecule has 0 bridgehead atoms. The van der Waals surface area contributed by atoms with Crippen LogP contribution in [0.3, 0.4) is 0 Å². The molecule has 0 saturated carbocycles. The molecule has 1 atom stereocenters. The second-order valence-corrected chi connectivity index (χ2v) is 4.99. The molecule has 19 heavy (non-hydrogen) atoms. The monoisotopic (exact) mass is 319 g/mol. The number of rotatable bonds is 4. The summed E-state index contributed by atoms with van der Waals surface area (Å²) in [5, 5.41) is 2.77. The average Bonchev–Trinajstić information content (AvgIpc) is 2.45. The first-order chi connectivity index (χ1) is 9.16. The Morgan fingerprint density at radius 3 is 2.84 bits per heavy atom. The van der Waals surface area contributed by atoms with Gasteiger partial charge in [-0.25, -0.2) is 0 Å². The van der Waals surface area contributed by atoms with Gasteiger partial charge < -0.3 is 11.1 Å². The first-order valence-electron chi connectivity index (χ1n) is 5.85. The number of nitrogens with one attached hydrogen (secondary N) is 1. The van der Waals surface area contributed by atoms with Crippen molar-refractivity contribution in [1.82, 2.24) is 10.3 Å². The molecule has 1 aromatic carbocycles. The van der Waals surface area contributed by atoms with Gasteiger partial charge in [-0.05, 0) is 29.8 Å². The van der Waals surface area contributed by atoms with Gasteiger partial charge in [-0.15, -0.1) is 0 Å². The summed E-state index contributed by atoms with van der Waals surface area (Å²) in [5.74, 6) is -0.219. The summed E-state index contributed by atoms with van der Waals surface area (Å²) in [6, 6.07) is 12.3. The largest absolute Gasteiger partial charge is 0.349 e. The second kappa shape index (κ2) is 6.45. The number of nitrogens with zero attached hydrogens (tertiary/aromatic N) is 1. The van der Waals surface area contributed by atoms with E-state index >= 15 is 0 Å². The van der Waals surface area contributed by atoms with Crippen LogP contribution in [-0.2, 0) is 11.3 Å². The van der Waals surface area contributed by atoms with Crippen molar-refractivity contribution in [2.45, 2.75) is 12.6 Å². The molecule has 0 saturated heterocycles. The van der Waals surface area contributed by atoms with Crippen molar-refractivity contribution >= 4 is 21.8 Å². The lowest BCUT2D eigenvalue weighted by Gasteiger charge is -2.12. The maximum atomic E-state index is 11.9. The number of hydrogen-bond donors (Lipinski definition) is 2. The molecule has 4 nitrogen and oxygen atoms in total. The van der Waals surface area contributed by atoms with Crippen LogP contribution in [0.25, 0.3) is 0 Å². The van der Waals surface area contributed by atoms with Crippen molar-refractivity contribution in [3.63, 3.8) is 0 Å². The van der Waals surface area contributed by atoms with Crippen molar-refractivity contribution in [3.05, 3.63) is 64.4 Å². The van der Waals surface area contributed by atoms with Gasteiger partial charge in [0.1, 0.15) is 6.04 Å². The number of aromatic nitrogens is 1. The van der Waals surface area contributed by atoms with E-state index in [9.17, 15) is 4.79 Å². The molecule has 1 heterocycles. The van der Waals surface area contributed by atoms with Crippen molar-refractivity contribution in [1.29, 1.82) is 0 Å². The van der Waals surface area contributed by atoms with E-state index in [1.54, 1.807) is 6.20 Å². The number of carbonyl (C=O) groups is 1. The smallest absolute Gasteiger partial charge is 0.241 e. The van der Waals surface area contributed by atoms with Gasteiger partial charge in [0.05, 0.1) is 12.2 Å². The van der Waals surface area contributed by atoms with Gasteiger partial charge in [0.25, 0.3) is 0 Å². The van der Waals surface area contributed by atoms with Crippen molar-refractivity contribution in [2.75, 3.05) is 0 Å². The van der Waals surface area contributed by atoms with E-state index in [1.807, 2.05) is 42.5 Å². The number of pyridine rings is 1. The number of halogens is 1. The minimum atomic E-state index is -0.679. The Balaban J connectivity index is 1.96. The molecule has 0 radical (unpaired) electrons. The quantitative estimate of drug-likeness (QED) is 0.907. The Morgan fingerprint density at radius 1 is 1.32 bits per heavy atom. The van der Waals surface area contributed by atoms with E-state index in [0.29, 0.717) is 6.54 Å². The first kappa shape index (κ1) is 13.7. The van der Waals surface area contributed by atoms with Gasteiger partial charge >= 0.3 is 0 Å². The molecule has 0 fully saturated rings. The van der Waals surface area contributed by atoms with Gasteiger partial charge in [0.15, 0.2) is 0 Å². The molecule has 0 aliphatic carbocycles. The standard InChI is InChI=1S/C14H14BrN3O/c15-11-5-3-4-10(8-11)13(16)14(19)18-9-12-6-1-2-7-17-12/h1-8,13H,9,16H2,(H,18,19). The molecule has 3 N–H and O–H groups in total. The van der Waals surface area contributed by atoms with Crippen LogP contribution >= 0.6 is 15.9 Å². The summed E-state index contributed by atoms with van der Waals surface area (Å²) in [6.45, 7) is 0.376. The van der Waals surface area contributed by atoms with Gasteiger partial charge in [0, 0.05) is 10.7 Å². The molecule has 0 aliphatic heterocycles. The average molecular weight is 320 g/mol. The third-order valence-electron chi connectivity index (χ3n) is 2.66. The Hall–Kier alpha value is -1.72. The predicted molar refractivity (Wildman–Crippen MR) is 77.2 cm³/mol. The Morgan fingerprint density at radius 2 is 2.16 bits per heavy atom. The number of carbonyl (C=O) groups excluding carboxylic acids is 1. The van der Waals surface area contributed by atoms with E-state index in [-0.39, 0.29) is 5.91 Å². The molecular weight excluding hydrogens is 306 g/mol. The lowest BCUT2D eigenvalue weighted by molar-refractivity contribution is -0.122. The number of nitrogens with two attached hydrogens (primary N) is 1. The SMILES string of the molecule is NC(C(=O)NCc1ccccn1)c1cccc(Br)c1. The van der Waals surface area contributed by atoms with Crippen LogP contribution in [0.2, 0.25) is 0 Å². The van der Waals surface area contributed by atoms with E-state index in [4.69, 9.17) is 5.73 Å². The maximum Gasteiger partial charge on any atom is 0.241 e. The Kier molecular flexibility index (Phi) is 4.65. The highest BCUT2D eigenvalue weighted by Gasteiger charge is 2.15. The van der Waals surface area contributed by atoms with Crippen LogP contribution in [0.15, 0.2) is 53.1 Å². The fourth-order valence-corrected chi connectivity index (χ4v) is 2.06. The van der Waals surface area contributed by atoms with Crippen LogP contribution in [0, 0.1) is 0 Å². The molecule has 1 aromatic heterocycles. The summed E-state index contributed by atoms with van der Waals surface area (Å²) in [6.07, 6.45) is 1.69. The zero-order valence-corrected chi connectivity index (χ0v) is 11.8. The third kappa shape index (κ3) is 3.87. The molecule has 5 heteroatoms. The normalized spacial score (nSPS) is 11.9. The van der Waals surface area contributed by atoms with Gasteiger partial charge in [-0.1, -0.05) is 34.1 Å². The van der Waals surface area contributed by atoms with Crippen LogP contribution in [0.1, 0.15) is 17.3 Å². The van der Waals surface area contributed by atoms with Crippen LogP contribution in [0.5, 0.6) is 0 Å².